The third-order valence-corrected chi connectivity index (χ3v) is 3.21. The van der Waals surface area contributed by atoms with Gasteiger partial charge in [-0.1, -0.05) is 53.5 Å². The van der Waals surface area contributed by atoms with Crippen molar-refractivity contribution in [2.75, 3.05) is 11.9 Å². The van der Waals surface area contributed by atoms with Crippen LogP contribution >= 0.6 is 23.2 Å². The minimum absolute atomic E-state index is 0.148. The summed E-state index contributed by atoms with van der Waals surface area (Å²) in [5, 5.41) is 6.77. The topological polar surface area (TPSA) is 41.1 Å². The fourth-order valence-electron chi connectivity index (χ4n) is 1.70. The highest BCUT2D eigenvalue weighted by Crippen LogP contribution is 2.25. The van der Waals surface area contributed by atoms with E-state index < -0.39 is 0 Å². The van der Waals surface area contributed by atoms with Gasteiger partial charge < -0.3 is 10.6 Å². The maximum atomic E-state index is 11.8. The van der Waals surface area contributed by atoms with Gasteiger partial charge in [0.25, 0.3) is 0 Å². The van der Waals surface area contributed by atoms with Crippen molar-refractivity contribution in [2.24, 2.45) is 0 Å². The molecule has 2 N–H and O–H groups in total. The third kappa shape index (κ3) is 4.53. The second kappa shape index (κ2) is 7.29. The van der Waals surface area contributed by atoms with Crippen LogP contribution in [-0.4, -0.2) is 12.5 Å². The number of carbonyl (C=O) groups is 1. The molecular weight excluding hydrogens is 295 g/mol. The van der Waals surface area contributed by atoms with Crippen LogP contribution in [0.3, 0.4) is 0 Å². The normalized spacial score (nSPS) is 10.3. The maximum Gasteiger partial charge on any atom is 0.238 e. The number of anilines is 1. The molecule has 2 aromatic carbocycles. The van der Waals surface area contributed by atoms with E-state index in [0.29, 0.717) is 22.3 Å². The van der Waals surface area contributed by atoms with Gasteiger partial charge in [-0.15, -0.1) is 0 Å². The number of benzene rings is 2. The number of halogens is 2. The first-order valence-corrected chi connectivity index (χ1v) is 6.90. The zero-order valence-electron chi connectivity index (χ0n) is 10.7. The lowest BCUT2D eigenvalue weighted by molar-refractivity contribution is -0.115. The summed E-state index contributed by atoms with van der Waals surface area (Å²) in [5.74, 6) is -0.148. The Bertz CT molecular complexity index is 588. The first kappa shape index (κ1) is 14.9. The summed E-state index contributed by atoms with van der Waals surface area (Å²) in [7, 11) is 0. The molecule has 20 heavy (non-hydrogen) atoms. The number of rotatable bonds is 5. The van der Waals surface area contributed by atoms with Crippen molar-refractivity contribution < 1.29 is 4.79 Å². The molecule has 5 heteroatoms. The molecule has 3 nitrogen and oxygen atoms in total. The van der Waals surface area contributed by atoms with Gasteiger partial charge in [-0.3, -0.25) is 4.79 Å². The summed E-state index contributed by atoms with van der Waals surface area (Å²) in [5.41, 5.74) is 1.69. The van der Waals surface area contributed by atoms with Crippen LogP contribution in [0.15, 0.2) is 48.5 Å². The smallest absolute Gasteiger partial charge is 0.238 e. The monoisotopic (exact) mass is 308 g/mol. The predicted molar refractivity (Wildman–Crippen MR) is 83.2 cm³/mol. The second-order valence-corrected chi connectivity index (χ2v) is 5.11. The Morgan fingerprint density at radius 1 is 1.05 bits per heavy atom. The van der Waals surface area contributed by atoms with Crippen LogP contribution < -0.4 is 10.6 Å². The lowest BCUT2D eigenvalue weighted by atomic mass is 10.2. The number of amides is 1. The Morgan fingerprint density at radius 2 is 1.80 bits per heavy atom. The van der Waals surface area contributed by atoms with E-state index in [1.165, 1.54) is 0 Å². The average molecular weight is 309 g/mol. The molecule has 2 rings (SSSR count). The van der Waals surface area contributed by atoms with Crippen LogP contribution in [0, 0.1) is 0 Å². The molecule has 0 heterocycles. The minimum Gasteiger partial charge on any atom is -0.324 e. The van der Waals surface area contributed by atoms with E-state index >= 15 is 0 Å². The molecule has 0 fully saturated rings. The van der Waals surface area contributed by atoms with Gasteiger partial charge in [0.15, 0.2) is 0 Å². The molecule has 0 unspecified atom stereocenters. The largest absolute Gasteiger partial charge is 0.324 e. The molecule has 0 bridgehead atoms. The Morgan fingerprint density at radius 3 is 2.50 bits per heavy atom. The molecule has 0 aliphatic heterocycles. The molecule has 0 aliphatic rings. The molecule has 0 saturated heterocycles. The highest BCUT2D eigenvalue weighted by molar-refractivity contribution is 6.36. The first-order valence-electron chi connectivity index (χ1n) is 6.15. The summed E-state index contributed by atoms with van der Waals surface area (Å²) in [6, 6.07) is 14.8. The molecule has 0 saturated carbocycles. The lowest BCUT2D eigenvalue weighted by Gasteiger charge is -2.08. The van der Waals surface area contributed by atoms with E-state index in [0.717, 1.165) is 5.56 Å². The van der Waals surface area contributed by atoms with Gasteiger partial charge in [0.05, 0.1) is 17.3 Å². The zero-order valence-corrected chi connectivity index (χ0v) is 12.2. The lowest BCUT2D eigenvalue weighted by Crippen LogP contribution is -2.27. The van der Waals surface area contributed by atoms with Crippen LogP contribution in [0.25, 0.3) is 0 Å². The van der Waals surface area contributed by atoms with Gasteiger partial charge in [-0.2, -0.15) is 0 Å². The van der Waals surface area contributed by atoms with Gasteiger partial charge in [-0.25, -0.2) is 0 Å². The third-order valence-electron chi connectivity index (χ3n) is 2.66. The number of hydrogen-bond donors (Lipinski definition) is 2. The van der Waals surface area contributed by atoms with Crippen molar-refractivity contribution in [3.63, 3.8) is 0 Å². The molecule has 0 atom stereocenters. The van der Waals surface area contributed by atoms with Gasteiger partial charge >= 0.3 is 0 Å². The molecule has 104 valence electrons. The summed E-state index contributed by atoms with van der Waals surface area (Å²) in [4.78, 5) is 11.8. The Balaban J connectivity index is 1.81. The number of carbonyl (C=O) groups excluding carboxylic acids is 1. The zero-order chi connectivity index (χ0) is 14.4. The van der Waals surface area contributed by atoms with E-state index in [1.807, 2.05) is 30.3 Å². The fraction of sp³-hybridized carbons (Fsp3) is 0.133. The van der Waals surface area contributed by atoms with Crippen LogP contribution in [0.1, 0.15) is 5.56 Å². The van der Waals surface area contributed by atoms with Crippen molar-refractivity contribution in [1.29, 1.82) is 0 Å². The van der Waals surface area contributed by atoms with E-state index in [4.69, 9.17) is 23.2 Å². The molecule has 0 radical (unpaired) electrons. The Kier molecular flexibility index (Phi) is 5.41. The first-order chi connectivity index (χ1) is 9.65. The van der Waals surface area contributed by atoms with E-state index in [-0.39, 0.29) is 12.5 Å². The van der Waals surface area contributed by atoms with E-state index in [1.54, 1.807) is 18.2 Å². The Hall–Kier alpha value is -1.55. The van der Waals surface area contributed by atoms with Gasteiger partial charge in [0.1, 0.15) is 0 Å². The summed E-state index contributed by atoms with van der Waals surface area (Å²) in [6.45, 7) is 0.858. The van der Waals surface area contributed by atoms with Crippen LogP contribution in [0.2, 0.25) is 10.0 Å². The maximum absolute atomic E-state index is 11.8. The standard InChI is InChI=1S/C15H14Cl2N2O/c16-12-6-7-14(13(17)8-12)19-15(20)10-18-9-11-4-2-1-3-5-11/h1-8,18H,9-10H2,(H,19,20). The molecule has 0 aliphatic carbocycles. The van der Waals surface area contributed by atoms with Crippen molar-refractivity contribution >= 4 is 34.8 Å². The van der Waals surface area contributed by atoms with Crippen molar-refractivity contribution in [3.8, 4) is 0 Å². The summed E-state index contributed by atoms with van der Waals surface area (Å²) in [6.07, 6.45) is 0. The van der Waals surface area contributed by atoms with Crippen LogP contribution in [0.4, 0.5) is 5.69 Å². The second-order valence-electron chi connectivity index (χ2n) is 4.26. The fourth-order valence-corrected chi connectivity index (χ4v) is 2.16. The number of hydrogen-bond acceptors (Lipinski definition) is 2. The highest BCUT2D eigenvalue weighted by atomic mass is 35.5. The van der Waals surface area contributed by atoms with Gasteiger partial charge in [-0.05, 0) is 23.8 Å². The SMILES string of the molecule is O=C(CNCc1ccccc1)Nc1ccc(Cl)cc1Cl. The highest BCUT2D eigenvalue weighted by Gasteiger charge is 2.06. The van der Waals surface area contributed by atoms with Crippen molar-refractivity contribution in [2.45, 2.75) is 6.54 Å². The number of nitrogens with one attached hydrogen (secondary N) is 2. The predicted octanol–water partition coefficient (Wildman–Crippen LogP) is 3.72. The minimum atomic E-state index is -0.148. The van der Waals surface area contributed by atoms with E-state index in [2.05, 4.69) is 10.6 Å². The molecule has 2 aromatic rings. The average Bonchev–Trinajstić information content (AvgIpc) is 2.43. The molecular formula is C15H14Cl2N2O. The summed E-state index contributed by atoms with van der Waals surface area (Å²) < 4.78 is 0. The van der Waals surface area contributed by atoms with E-state index in [9.17, 15) is 4.79 Å². The molecule has 1 amide bonds. The van der Waals surface area contributed by atoms with Crippen molar-refractivity contribution in [3.05, 3.63) is 64.1 Å². The molecule has 0 aromatic heterocycles. The van der Waals surface area contributed by atoms with Crippen molar-refractivity contribution in [1.82, 2.24) is 5.32 Å². The molecule has 0 spiro atoms. The Labute approximate surface area is 127 Å². The van der Waals surface area contributed by atoms with Crippen LogP contribution in [-0.2, 0) is 11.3 Å². The van der Waals surface area contributed by atoms with Gasteiger partial charge in [0.2, 0.25) is 5.91 Å². The van der Waals surface area contributed by atoms with Gasteiger partial charge in [0, 0.05) is 11.6 Å². The summed E-state index contributed by atoms with van der Waals surface area (Å²) >= 11 is 11.8. The quantitative estimate of drug-likeness (QED) is 0.884. The van der Waals surface area contributed by atoms with Crippen LogP contribution in [0.5, 0.6) is 0 Å².